The Bertz CT molecular complexity index is 327. The molecule has 1 aliphatic carbocycles. The molecular formula is C13H17ClO. The van der Waals surface area contributed by atoms with Crippen molar-refractivity contribution < 1.29 is 4.79 Å². The summed E-state index contributed by atoms with van der Waals surface area (Å²) in [6.45, 7) is 9.11. The fraction of sp³-hybridized carbons (Fsp3) is 0.462. The van der Waals surface area contributed by atoms with Crippen molar-refractivity contribution in [2.75, 3.05) is 0 Å². The van der Waals surface area contributed by atoms with Crippen LogP contribution < -0.4 is 0 Å². The highest BCUT2D eigenvalue weighted by Gasteiger charge is 2.33. The van der Waals surface area contributed by atoms with Crippen molar-refractivity contribution in [2.45, 2.75) is 32.6 Å². The topological polar surface area (TPSA) is 17.1 Å². The molecule has 1 nitrogen and oxygen atoms in total. The van der Waals surface area contributed by atoms with E-state index in [2.05, 4.69) is 19.2 Å². The summed E-state index contributed by atoms with van der Waals surface area (Å²) in [4.78, 5) is 11.3. The van der Waals surface area contributed by atoms with Crippen molar-refractivity contribution >= 4 is 17.4 Å². The Morgan fingerprint density at radius 1 is 1.73 bits per heavy atom. The summed E-state index contributed by atoms with van der Waals surface area (Å²) < 4.78 is 0. The standard InChI is InChI=1S/C13H17ClO/c1-4-6-13(8-10(2)14)7-5-12(9-13)11(3)15/h4,9H,1-2,5-8H2,3H3/t13-/m1/s1. The van der Waals surface area contributed by atoms with Crippen molar-refractivity contribution in [2.24, 2.45) is 5.41 Å². The van der Waals surface area contributed by atoms with Crippen LogP contribution in [0.5, 0.6) is 0 Å². The summed E-state index contributed by atoms with van der Waals surface area (Å²) in [6.07, 6.45) is 7.38. The first kappa shape index (κ1) is 12.3. The lowest BCUT2D eigenvalue weighted by Gasteiger charge is -2.25. The second-order valence-electron chi connectivity index (χ2n) is 4.27. The van der Waals surface area contributed by atoms with Gasteiger partial charge < -0.3 is 0 Å². The number of hydrogen-bond donors (Lipinski definition) is 0. The average molecular weight is 225 g/mol. The van der Waals surface area contributed by atoms with Crippen LogP contribution in [-0.4, -0.2) is 5.78 Å². The second kappa shape index (κ2) is 4.80. The molecule has 1 aliphatic rings. The SMILES string of the molecule is C=CC[C@@]1(CC(=C)Cl)C=C(C(C)=O)CC1. The number of allylic oxidation sites excluding steroid dienone is 4. The second-order valence-corrected chi connectivity index (χ2v) is 4.81. The molecule has 0 amide bonds. The summed E-state index contributed by atoms with van der Waals surface area (Å²) >= 11 is 5.87. The van der Waals surface area contributed by atoms with E-state index < -0.39 is 0 Å². The normalized spacial score (nSPS) is 24.8. The van der Waals surface area contributed by atoms with E-state index in [4.69, 9.17) is 11.6 Å². The van der Waals surface area contributed by atoms with Gasteiger partial charge in [-0.1, -0.05) is 30.3 Å². The van der Waals surface area contributed by atoms with E-state index >= 15 is 0 Å². The van der Waals surface area contributed by atoms with Gasteiger partial charge in [-0.25, -0.2) is 0 Å². The van der Waals surface area contributed by atoms with E-state index in [9.17, 15) is 4.79 Å². The largest absolute Gasteiger partial charge is 0.295 e. The first-order valence-corrected chi connectivity index (χ1v) is 5.54. The third-order valence-electron chi connectivity index (χ3n) is 2.92. The highest BCUT2D eigenvalue weighted by atomic mass is 35.5. The van der Waals surface area contributed by atoms with Crippen LogP contribution in [0.1, 0.15) is 32.6 Å². The predicted molar refractivity (Wildman–Crippen MR) is 64.9 cm³/mol. The quantitative estimate of drug-likeness (QED) is 0.645. The van der Waals surface area contributed by atoms with E-state index in [1.54, 1.807) is 6.92 Å². The summed E-state index contributed by atoms with van der Waals surface area (Å²) in [7, 11) is 0. The fourth-order valence-corrected chi connectivity index (χ4v) is 2.48. The molecule has 0 aromatic heterocycles. The smallest absolute Gasteiger partial charge is 0.155 e. The van der Waals surface area contributed by atoms with E-state index in [-0.39, 0.29) is 11.2 Å². The maximum Gasteiger partial charge on any atom is 0.155 e. The van der Waals surface area contributed by atoms with Crippen LogP contribution in [0, 0.1) is 5.41 Å². The molecule has 0 heterocycles. The number of carbonyl (C=O) groups is 1. The van der Waals surface area contributed by atoms with Crippen LogP contribution in [0.2, 0.25) is 0 Å². The Hall–Kier alpha value is -0.820. The van der Waals surface area contributed by atoms with Crippen LogP contribution in [0.4, 0.5) is 0 Å². The third-order valence-corrected chi connectivity index (χ3v) is 3.05. The van der Waals surface area contributed by atoms with Crippen LogP contribution in [-0.2, 0) is 4.79 Å². The Labute approximate surface area is 96.5 Å². The van der Waals surface area contributed by atoms with Gasteiger partial charge in [0.2, 0.25) is 0 Å². The Kier molecular flexibility index (Phi) is 3.92. The number of ketones is 1. The molecule has 0 unspecified atom stereocenters. The zero-order valence-corrected chi connectivity index (χ0v) is 9.94. The Morgan fingerprint density at radius 3 is 2.80 bits per heavy atom. The van der Waals surface area contributed by atoms with Gasteiger partial charge in [-0.05, 0) is 43.6 Å². The maximum atomic E-state index is 11.3. The van der Waals surface area contributed by atoms with Gasteiger partial charge in [0.25, 0.3) is 0 Å². The molecular weight excluding hydrogens is 208 g/mol. The van der Waals surface area contributed by atoms with Crippen molar-refractivity contribution in [1.82, 2.24) is 0 Å². The fourth-order valence-electron chi connectivity index (χ4n) is 2.22. The molecule has 2 heteroatoms. The van der Waals surface area contributed by atoms with Crippen molar-refractivity contribution in [3.8, 4) is 0 Å². The first-order chi connectivity index (χ1) is 6.99. The molecule has 0 aromatic carbocycles. The molecule has 0 fully saturated rings. The van der Waals surface area contributed by atoms with Gasteiger partial charge in [-0.3, -0.25) is 4.79 Å². The minimum atomic E-state index is -0.0123. The summed E-state index contributed by atoms with van der Waals surface area (Å²) in [5.74, 6) is 0.168. The van der Waals surface area contributed by atoms with Crippen LogP contribution >= 0.6 is 11.6 Å². The van der Waals surface area contributed by atoms with E-state index in [0.717, 1.165) is 31.3 Å². The van der Waals surface area contributed by atoms with Crippen molar-refractivity contribution in [3.05, 3.63) is 35.9 Å². The number of Topliss-reactive ketones (excluding diaryl/α,β-unsaturated/α-hetero) is 1. The predicted octanol–water partition coefficient (Wildman–Crippen LogP) is 4.00. The molecule has 1 atom stereocenters. The van der Waals surface area contributed by atoms with Crippen LogP contribution in [0.3, 0.4) is 0 Å². The molecule has 0 bridgehead atoms. The summed E-state index contributed by atoms with van der Waals surface area (Å²) in [5.41, 5.74) is 0.913. The molecule has 1 rings (SSSR count). The number of halogens is 1. The number of hydrogen-bond acceptors (Lipinski definition) is 1. The molecule has 0 aliphatic heterocycles. The minimum absolute atomic E-state index is 0.0123. The Balaban J connectivity index is 2.89. The van der Waals surface area contributed by atoms with Gasteiger partial charge in [-0.2, -0.15) is 0 Å². The average Bonchev–Trinajstić information content (AvgIpc) is 2.48. The molecule has 0 N–H and O–H groups in total. The van der Waals surface area contributed by atoms with Crippen molar-refractivity contribution in [1.29, 1.82) is 0 Å². The molecule has 0 saturated heterocycles. The van der Waals surface area contributed by atoms with Gasteiger partial charge in [0.1, 0.15) is 0 Å². The monoisotopic (exact) mass is 224 g/mol. The van der Waals surface area contributed by atoms with Gasteiger partial charge in [-0.15, -0.1) is 6.58 Å². The van der Waals surface area contributed by atoms with Crippen LogP contribution in [0.25, 0.3) is 0 Å². The molecule has 82 valence electrons. The highest BCUT2D eigenvalue weighted by molar-refractivity contribution is 6.29. The molecule has 0 spiro atoms. The summed E-state index contributed by atoms with van der Waals surface area (Å²) in [6, 6.07) is 0. The van der Waals surface area contributed by atoms with E-state index in [1.807, 2.05) is 6.08 Å². The van der Waals surface area contributed by atoms with Gasteiger partial charge in [0.15, 0.2) is 5.78 Å². The molecule has 15 heavy (non-hydrogen) atoms. The molecule has 0 radical (unpaired) electrons. The number of rotatable bonds is 5. The minimum Gasteiger partial charge on any atom is -0.295 e. The lowest BCUT2D eigenvalue weighted by atomic mass is 9.81. The highest BCUT2D eigenvalue weighted by Crippen LogP contribution is 2.44. The van der Waals surface area contributed by atoms with Gasteiger partial charge in [0, 0.05) is 5.03 Å². The van der Waals surface area contributed by atoms with Gasteiger partial charge in [0.05, 0.1) is 0 Å². The zero-order chi connectivity index (χ0) is 11.5. The Morgan fingerprint density at radius 2 is 2.40 bits per heavy atom. The molecule has 0 saturated carbocycles. The lowest BCUT2D eigenvalue weighted by molar-refractivity contribution is -0.113. The molecule has 0 aromatic rings. The van der Waals surface area contributed by atoms with Gasteiger partial charge >= 0.3 is 0 Å². The first-order valence-electron chi connectivity index (χ1n) is 5.16. The van der Waals surface area contributed by atoms with E-state index in [0.29, 0.717) is 5.03 Å². The number of carbonyl (C=O) groups excluding carboxylic acids is 1. The van der Waals surface area contributed by atoms with E-state index in [1.165, 1.54) is 0 Å². The third kappa shape index (κ3) is 3.07. The summed E-state index contributed by atoms with van der Waals surface area (Å²) in [5, 5.41) is 0.651. The van der Waals surface area contributed by atoms with Crippen LogP contribution in [0.15, 0.2) is 35.9 Å². The maximum absolute atomic E-state index is 11.3. The van der Waals surface area contributed by atoms with Crippen molar-refractivity contribution in [3.63, 3.8) is 0 Å². The zero-order valence-electron chi connectivity index (χ0n) is 9.18. The lowest BCUT2D eigenvalue weighted by Crippen LogP contribution is -2.13.